The summed E-state index contributed by atoms with van der Waals surface area (Å²) in [6.07, 6.45) is 0. The molecular weight excluding hydrogens is 643 g/mol. The molecule has 7 aromatic carbocycles. The van der Waals surface area contributed by atoms with E-state index in [1.807, 2.05) is 29.5 Å². The maximum absolute atomic E-state index is 6.64. The van der Waals surface area contributed by atoms with Crippen LogP contribution in [0.3, 0.4) is 0 Å². The van der Waals surface area contributed by atoms with Gasteiger partial charge in [0.05, 0.1) is 11.0 Å². The van der Waals surface area contributed by atoms with E-state index in [9.17, 15) is 0 Å². The SMILES string of the molecule is c1ccc(-c2cc(-c3ccccc3)cc(-c3nc(-n4c5ccccc5c5c6c(ccc54)sc4ccccc46)nc4c3oc3ccccc34)c2)cc1. The molecule has 5 heteroatoms. The lowest BCUT2D eigenvalue weighted by molar-refractivity contribution is 0.666. The lowest BCUT2D eigenvalue weighted by Crippen LogP contribution is -2.03. The van der Waals surface area contributed by atoms with Crippen molar-refractivity contribution in [2.75, 3.05) is 0 Å². The molecule has 0 fully saturated rings. The number of nitrogens with zero attached hydrogens (tertiary/aromatic N) is 3. The molecule has 0 unspecified atom stereocenters. The van der Waals surface area contributed by atoms with Gasteiger partial charge in [0.1, 0.15) is 16.8 Å². The largest absolute Gasteiger partial charge is 0.452 e. The summed E-state index contributed by atoms with van der Waals surface area (Å²) < 4.78 is 11.4. The lowest BCUT2D eigenvalue weighted by Gasteiger charge is -2.13. The zero-order valence-electron chi connectivity index (χ0n) is 27.2. The van der Waals surface area contributed by atoms with Crippen molar-refractivity contribution in [2.24, 2.45) is 0 Å². The molecule has 238 valence electrons. The van der Waals surface area contributed by atoms with E-state index in [1.54, 1.807) is 0 Å². The van der Waals surface area contributed by atoms with Gasteiger partial charge in [0.15, 0.2) is 5.58 Å². The van der Waals surface area contributed by atoms with Crippen molar-refractivity contribution in [1.29, 1.82) is 0 Å². The lowest BCUT2D eigenvalue weighted by atomic mass is 9.95. The number of aromatic nitrogens is 3. The molecule has 0 atom stereocenters. The second kappa shape index (κ2) is 11.0. The summed E-state index contributed by atoms with van der Waals surface area (Å²) in [6, 6.07) is 57.7. The van der Waals surface area contributed by atoms with Gasteiger partial charge in [0, 0.05) is 41.9 Å². The van der Waals surface area contributed by atoms with Crippen LogP contribution in [0.4, 0.5) is 0 Å². The number of fused-ring (bicyclic) bond motifs is 10. The van der Waals surface area contributed by atoms with Crippen molar-refractivity contribution in [1.82, 2.24) is 14.5 Å². The van der Waals surface area contributed by atoms with Crippen LogP contribution in [0, 0.1) is 0 Å². The first-order valence-electron chi connectivity index (χ1n) is 17.1. The van der Waals surface area contributed by atoms with Gasteiger partial charge in [-0.25, -0.2) is 9.97 Å². The van der Waals surface area contributed by atoms with E-state index in [1.165, 1.54) is 30.9 Å². The van der Waals surface area contributed by atoms with Crippen LogP contribution < -0.4 is 0 Å². The highest BCUT2D eigenvalue weighted by Gasteiger charge is 2.23. The minimum atomic E-state index is 0.612. The number of thiophene rings is 1. The van der Waals surface area contributed by atoms with E-state index in [0.29, 0.717) is 11.5 Å². The van der Waals surface area contributed by atoms with E-state index in [4.69, 9.17) is 14.4 Å². The van der Waals surface area contributed by atoms with Crippen LogP contribution >= 0.6 is 11.3 Å². The van der Waals surface area contributed by atoms with Crippen LogP contribution in [0.2, 0.25) is 0 Å². The molecule has 0 N–H and O–H groups in total. The van der Waals surface area contributed by atoms with Gasteiger partial charge in [-0.15, -0.1) is 11.3 Å². The van der Waals surface area contributed by atoms with E-state index >= 15 is 0 Å². The topological polar surface area (TPSA) is 43.9 Å². The molecule has 51 heavy (non-hydrogen) atoms. The second-order valence-electron chi connectivity index (χ2n) is 13.0. The van der Waals surface area contributed by atoms with Gasteiger partial charge >= 0.3 is 0 Å². The van der Waals surface area contributed by atoms with Crippen molar-refractivity contribution in [3.63, 3.8) is 0 Å². The smallest absolute Gasteiger partial charge is 0.236 e. The Balaban J connectivity index is 1.26. The number of para-hydroxylation sites is 2. The van der Waals surface area contributed by atoms with E-state index in [2.05, 4.69) is 150 Å². The normalized spacial score (nSPS) is 11.9. The third-order valence-electron chi connectivity index (χ3n) is 10.0. The number of furan rings is 1. The standard InChI is InChI=1S/C46H27N3OS/c1-3-13-28(14-4-1)30-25-31(29-15-5-2-6-16-29)27-32(26-30)43-45-44(34-18-8-11-21-38(34)50-45)48-46(47-43)49-36-20-10-7-17-33(36)41-37(49)23-24-40-42(41)35-19-9-12-22-39(35)51-40/h1-27H. The van der Waals surface area contributed by atoms with Gasteiger partial charge < -0.3 is 4.42 Å². The van der Waals surface area contributed by atoms with Gasteiger partial charge in [-0.2, -0.15) is 0 Å². The number of hydrogen-bond acceptors (Lipinski definition) is 4. The fraction of sp³-hybridized carbons (Fsp3) is 0. The summed E-state index contributed by atoms with van der Waals surface area (Å²) in [6.45, 7) is 0. The fourth-order valence-corrected chi connectivity index (χ4v) is 8.84. The van der Waals surface area contributed by atoms with Crippen LogP contribution in [-0.4, -0.2) is 14.5 Å². The minimum absolute atomic E-state index is 0.612. The summed E-state index contributed by atoms with van der Waals surface area (Å²) in [5.41, 5.74) is 10.6. The Kier molecular flexibility index (Phi) is 6.09. The summed E-state index contributed by atoms with van der Waals surface area (Å²) in [7, 11) is 0. The maximum Gasteiger partial charge on any atom is 0.236 e. The molecule has 0 spiro atoms. The zero-order chi connectivity index (χ0) is 33.5. The molecule has 0 radical (unpaired) electrons. The van der Waals surface area contributed by atoms with Gasteiger partial charge in [-0.05, 0) is 76.9 Å². The summed E-state index contributed by atoms with van der Waals surface area (Å²) in [5, 5.41) is 5.92. The Morgan fingerprint density at radius 3 is 1.84 bits per heavy atom. The molecule has 4 aromatic heterocycles. The van der Waals surface area contributed by atoms with Crippen LogP contribution in [-0.2, 0) is 0 Å². The van der Waals surface area contributed by atoms with Gasteiger partial charge in [-0.1, -0.05) is 109 Å². The predicted molar refractivity (Wildman–Crippen MR) is 213 cm³/mol. The summed E-state index contributed by atoms with van der Waals surface area (Å²) in [4.78, 5) is 10.8. The third-order valence-corrected chi connectivity index (χ3v) is 11.1. The highest BCUT2D eigenvalue weighted by molar-refractivity contribution is 7.26. The van der Waals surface area contributed by atoms with Crippen molar-refractivity contribution < 1.29 is 4.42 Å². The average Bonchev–Trinajstić information content (AvgIpc) is 3.87. The Labute approximate surface area is 296 Å². The van der Waals surface area contributed by atoms with Crippen LogP contribution in [0.5, 0.6) is 0 Å². The zero-order valence-corrected chi connectivity index (χ0v) is 28.1. The first kappa shape index (κ1) is 28.3. The molecule has 0 aliphatic heterocycles. The van der Waals surface area contributed by atoms with Crippen molar-refractivity contribution in [3.05, 3.63) is 164 Å². The molecule has 0 bridgehead atoms. The maximum atomic E-state index is 6.64. The monoisotopic (exact) mass is 669 g/mol. The Morgan fingerprint density at radius 1 is 0.451 bits per heavy atom. The van der Waals surface area contributed by atoms with Gasteiger partial charge in [0.2, 0.25) is 5.95 Å². The highest BCUT2D eigenvalue weighted by Crippen LogP contribution is 2.44. The van der Waals surface area contributed by atoms with Crippen LogP contribution in [0.15, 0.2) is 168 Å². The van der Waals surface area contributed by atoms with E-state index < -0.39 is 0 Å². The van der Waals surface area contributed by atoms with Crippen LogP contribution in [0.25, 0.3) is 104 Å². The first-order valence-corrected chi connectivity index (χ1v) is 17.9. The number of hydrogen-bond donors (Lipinski definition) is 0. The Hall–Kier alpha value is -6.56. The summed E-state index contributed by atoms with van der Waals surface area (Å²) in [5.74, 6) is 0.612. The molecule has 0 saturated carbocycles. The van der Waals surface area contributed by atoms with Gasteiger partial charge in [0.25, 0.3) is 0 Å². The minimum Gasteiger partial charge on any atom is -0.452 e. The third kappa shape index (κ3) is 4.32. The molecule has 4 nitrogen and oxygen atoms in total. The fourth-order valence-electron chi connectivity index (χ4n) is 7.72. The highest BCUT2D eigenvalue weighted by atomic mass is 32.1. The Bertz CT molecular complexity index is 3080. The predicted octanol–water partition coefficient (Wildman–Crippen LogP) is 12.8. The van der Waals surface area contributed by atoms with E-state index in [-0.39, 0.29) is 0 Å². The van der Waals surface area contributed by atoms with Crippen LogP contribution in [0.1, 0.15) is 0 Å². The summed E-state index contributed by atoms with van der Waals surface area (Å²) >= 11 is 1.84. The molecular formula is C46H27N3OS. The Morgan fingerprint density at radius 2 is 1.08 bits per heavy atom. The molecule has 0 aliphatic carbocycles. The molecule has 0 amide bonds. The second-order valence-corrected chi connectivity index (χ2v) is 14.0. The number of rotatable bonds is 4. The number of benzene rings is 7. The van der Waals surface area contributed by atoms with Crippen molar-refractivity contribution in [2.45, 2.75) is 0 Å². The van der Waals surface area contributed by atoms with E-state index in [0.717, 1.165) is 61.0 Å². The molecule has 0 saturated heterocycles. The van der Waals surface area contributed by atoms with Crippen molar-refractivity contribution in [3.8, 4) is 39.5 Å². The molecule has 0 aliphatic rings. The van der Waals surface area contributed by atoms with Crippen molar-refractivity contribution >= 4 is 75.4 Å². The molecule has 11 aromatic rings. The molecule has 11 rings (SSSR count). The quantitative estimate of drug-likeness (QED) is 0.187. The van der Waals surface area contributed by atoms with Gasteiger partial charge in [-0.3, -0.25) is 4.57 Å². The average molecular weight is 670 g/mol. The molecule has 4 heterocycles. The first-order chi connectivity index (χ1) is 25.3.